The Kier molecular flexibility index (Phi) is 26.1. The number of hydrogen-bond acceptors (Lipinski definition) is 14. The first-order valence-electron chi connectivity index (χ1n) is 25.2. The number of aryl methyl sites for hydroxylation is 1. The number of nitrogens with zero attached hydrogens (tertiary/aromatic N) is 2. The minimum atomic E-state index is -4.05. The number of unbranched alkanes of at least 4 members (excludes halogenated alkanes) is 1. The van der Waals surface area contributed by atoms with Crippen LogP contribution in [0.5, 0.6) is 11.5 Å². The Balaban J connectivity index is 1.96. The second-order valence-electron chi connectivity index (χ2n) is 18.6. The van der Waals surface area contributed by atoms with Gasteiger partial charge >= 0.3 is 0 Å². The van der Waals surface area contributed by atoms with Crippen molar-refractivity contribution >= 4 is 63.3 Å². The number of aromatic hydroxyl groups is 2. The molecular formula is C51H76N14O11S. The first kappa shape index (κ1) is 63.3. The summed E-state index contributed by atoms with van der Waals surface area (Å²) in [6.45, 7) is 6.82. The first-order valence-corrected chi connectivity index (χ1v) is 26.7. The molecule has 0 aliphatic rings. The number of carbonyl (C=O) groups excluding carboxylic acids is 7. The molecular weight excluding hydrogens is 1020 g/mol. The monoisotopic (exact) mass is 1090 g/mol. The third-order valence-corrected chi connectivity index (χ3v) is 13.6. The molecule has 0 saturated heterocycles. The lowest BCUT2D eigenvalue weighted by Gasteiger charge is -2.29. The fourth-order valence-electron chi connectivity index (χ4n) is 7.69. The van der Waals surface area contributed by atoms with Crippen molar-refractivity contribution in [3.8, 4) is 11.5 Å². The number of amides is 7. The highest BCUT2D eigenvalue weighted by molar-refractivity contribution is 7.90. The lowest BCUT2D eigenvalue weighted by molar-refractivity contribution is -0.136. The summed E-state index contributed by atoms with van der Waals surface area (Å²) in [4.78, 5) is 104. The largest absolute Gasteiger partial charge is 0.508 e. The van der Waals surface area contributed by atoms with E-state index in [-0.39, 0.29) is 80.4 Å². The van der Waals surface area contributed by atoms with Gasteiger partial charge in [-0.3, -0.25) is 43.5 Å². The van der Waals surface area contributed by atoms with E-state index in [0.29, 0.717) is 36.9 Å². The van der Waals surface area contributed by atoms with Gasteiger partial charge in [0, 0.05) is 32.9 Å². The number of nitrogens with two attached hydrogens (primary N) is 5. The summed E-state index contributed by atoms with van der Waals surface area (Å²) in [6.07, 6.45) is 1.41. The highest BCUT2D eigenvalue weighted by Crippen LogP contribution is 2.16. The zero-order valence-electron chi connectivity index (χ0n) is 43.9. The molecule has 0 unspecified atom stereocenters. The van der Waals surface area contributed by atoms with Gasteiger partial charge in [0.1, 0.15) is 47.8 Å². The van der Waals surface area contributed by atoms with E-state index in [1.807, 2.05) is 0 Å². The molecule has 19 N–H and O–H groups in total. The van der Waals surface area contributed by atoms with Crippen LogP contribution >= 0.6 is 0 Å². The third kappa shape index (κ3) is 22.8. The van der Waals surface area contributed by atoms with Gasteiger partial charge in [-0.2, -0.15) is 0 Å². The number of benzene rings is 3. The summed E-state index contributed by atoms with van der Waals surface area (Å²) in [5, 5.41) is 36.1. The average molecular weight is 1090 g/mol. The topological polar surface area (TPSA) is 433 Å². The molecule has 3 aromatic carbocycles. The van der Waals surface area contributed by atoms with Crippen LogP contribution in [0.15, 0.2) is 87.7 Å². The molecule has 25 nitrogen and oxygen atoms in total. The number of rotatable bonds is 32. The second kappa shape index (κ2) is 31.8. The standard InChI is InChI=1S/C51H76N14O11S/c1-5-31(3)43(49(74)60-38(44(53)69)10-6-7-25-52)64-46(71)40(12-8-26-57-50(54)55)61-47(72)41(28-33-15-19-35(67)20-16-33)63-48(73)42(29-34-17-21-36(68)22-18-34)62-45(70)39(59-32(4)66)11-9-27-58-51(56)65-77(75,76)37-23-13-30(2)14-24-37/h13-24,31,38-43,67-68H,5-12,25-29,52H2,1-4H3,(H2,53,69)(H,59,66)(H,60,74)(H,61,72)(H,62,70)(H,63,73)(H,64,71)(H4,54,55,57)(H3,56,58,65)/t31-,38-,39-,40-,41-,42-,43-/m0/s1. The van der Waals surface area contributed by atoms with E-state index in [0.717, 1.165) is 5.56 Å². The molecule has 26 heteroatoms. The minimum absolute atomic E-state index is 0.0360. The average Bonchev–Trinajstić information content (AvgIpc) is 3.37. The molecule has 0 aliphatic heterocycles. The Morgan fingerprint density at radius 3 is 1.48 bits per heavy atom. The number of phenols is 2. The van der Waals surface area contributed by atoms with Crippen molar-refractivity contribution in [3.63, 3.8) is 0 Å². The molecule has 0 bridgehead atoms. The molecule has 0 spiro atoms. The van der Waals surface area contributed by atoms with Gasteiger partial charge < -0.3 is 70.8 Å². The van der Waals surface area contributed by atoms with Gasteiger partial charge in [0.25, 0.3) is 10.0 Å². The van der Waals surface area contributed by atoms with Crippen molar-refractivity contribution in [3.05, 3.63) is 89.5 Å². The summed E-state index contributed by atoms with van der Waals surface area (Å²) in [7, 11) is -4.05. The highest BCUT2D eigenvalue weighted by Gasteiger charge is 2.35. The SMILES string of the molecule is CC[C@H](C)[C@H](NC(=O)[C@H](CCCN=C(N)N)NC(=O)[C@H](Cc1ccc(O)cc1)NC(=O)[C@H](Cc1ccc(O)cc1)NC(=O)[C@H](CCCN=C(N)NS(=O)(=O)c1ccc(C)cc1)NC(C)=O)C(=O)N[C@@H](CCCCN)C(N)=O. The number of nitrogens with one attached hydrogen (secondary N) is 7. The number of phenolic OH excluding ortho intramolecular Hbond substituents is 2. The zero-order valence-corrected chi connectivity index (χ0v) is 44.7. The molecule has 0 fully saturated rings. The molecule has 0 aliphatic carbocycles. The van der Waals surface area contributed by atoms with E-state index < -0.39 is 99.5 Å². The predicted molar refractivity (Wildman–Crippen MR) is 290 cm³/mol. The predicted octanol–water partition coefficient (Wildman–Crippen LogP) is -1.09. The van der Waals surface area contributed by atoms with Crippen molar-refractivity contribution in [1.82, 2.24) is 36.6 Å². The van der Waals surface area contributed by atoms with E-state index in [2.05, 4.69) is 46.6 Å². The van der Waals surface area contributed by atoms with Crippen molar-refractivity contribution in [1.29, 1.82) is 0 Å². The number of carbonyl (C=O) groups is 7. The van der Waals surface area contributed by atoms with Crippen LogP contribution in [0.3, 0.4) is 0 Å². The highest BCUT2D eigenvalue weighted by atomic mass is 32.2. The van der Waals surface area contributed by atoms with Gasteiger partial charge in [0.15, 0.2) is 5.96 Å². The van der Waals surface area contributed by atoms with Crippen molar-refractivity contribution < 1.29 is 52.2 Å². The Morgan fingerprint density at radius 1 is 0.571 bits per heavy atom. The first-order chi connectivity index (χ1) is 36.4. The molecule has 0 heterocycles. The number of primary amides is 1. The Hall–Kier alpha value is -8.00. The fourth-order valence-corrected chi connectivity index (χ4v) is 8.65. The summed E-state index contributed by atoms with van der Waals surface area (Å²) in [5.74, 6) is -6.71. The van der Waals surface area contributed by atoms with E-state index in [4.69, 9.17) is 28.7 Å². The van der Waals surface area contributed by atoms with Crippen LogP contribution in [-0.2, 0) is 56.4 Å². The van der Waals surface area contributed by atoms with Gasteiger partial charge in [-0.15, -0.1) is 0 Å². The zero-order chi connectivity index (χ0) is 57.2. The minimum Gasteiger partial charge on any atom is -0.508 e. The molecule has 0 saturated carbocycles. The molecule has 0 aromatic heterocycles. The van der Waals surface area contributed by atoms with E-state index in [9.17, 15) is 52.2 Å². The molecule has 77 heavy (non-hydrogen) atoms. The smallest absolute Gasteiger partial charge is 0.264 e. The Morgan fingerprint density at radius 2 is 1.01 bits per heavy atom. The van der Waals surface area contributed by atoms with Crippen molar-refractivity contribution in [2.75, 3.05) is 19.6 Å². The molecule has 0 radical (unpaired) electrons. The van der Waals surface area contributed by atoms with Crippen LogP contribution < -0.4 is 65.3 Å². The van der Waals surface area contributed by atoms with Gasteiger partial charge in [-0.05, 0) is 112 Å². The quantitative estimate of drug-likeness (QED) is 0.0201. The summed E-state index contributed by atoms with van der Waals surface area (Å²) < 4.78 is 27.8. The maximum Gasteiger partial charge on any atom is 0.264 e. The fraction of sp³-hybridized carbons (Fsp3) is 0.471. The van der Waals surface area contributed by atoms with Crippen LogP contribution in [0.1, 0.15) is 88.8 Å². The van der Waals surface area contributed by atoms with Crippen LogP contribution in [-0.4, -0.2) is 128 Å². The number of guanidine groups is 2. The molecule has 422 valence electrons. The molecule has 3 rings (SSSR count). The number of aliphatic imine (C=N–C) groups is 2. The summed E-state index contributed by atoms with van der Waals surface area (Å²) >= 11 is 0. The van der Waals surface area contributed by atoms with Crippen LogP contribution in [0.2, 0.25) is 0 Å². The molecule has 3 aromatic rings. The normalized spacial score (nSPS) is 14.2. The summed E-state index contributed by atoms with van der Waals surface area (Å²) in [5.41, 5.74) is 30.0. The second-order valence-corrected chi connectivity index (χ2v) is 20.3. The molecule has 7 atom stereocenters. The number of hydrogen-bond donors (Lipinski definition) is 14. The van der Waals surface area contributed by atoms with E-state index in [1.54, 1.807) is 32.9 Å². The van der Waals surface area contributed by atoms with Gasteiger partial charge in [-0.1, -0.05) is 62.2 Å². The van der Waals surface area contributed by atoms with Gasteiger partial charge in [-0.25, -0.2) is 13.1 Å². The maximum atomic E-state index is 14.6. The van der Waals surface area contributed by atoms with Crippen molar-refractivity contribution in [2.45, 2.75) is 133 Å². The lowest BCUT2D eigenvalue weighted by Crippen LogP contribution is -2.61. The summed E-state index contributed by atoms with van der Waals surface area (Å²) in [6, 6.07) is 9.78. The Bertz CT molecular complexity index is 2620. The number of sulfonamides is 1. The van der Waals surface area contributed by atoms with Crippen LogP contribution in [0.25, 0.3) is 0 Å². The third-order valence-electron chi connectivity index (χ3n) is 12.2. The maximum absolute atomic E-state index is 14.6. The van der Waals surface area contributed by atoms with E-state index in [1.165, 1.54) is 67.6 Å². The Labute approximate surface area is 448 Å². The van der Waals surface area contributed by atoms with E-state index >= 15 is 0 Å². The molecule has 7 amide bonds. The van der Waals surface area contributed by atoms with Crippen LogP contribution in [0.4, 0.5) is 0 Å². The van der Waals surface area contributed by atoms with Gasteiger partial charge in [0.2, 0.25) is 47.3 Å². The van der Waals surface area contributed by atoms with Crippen molar-refractivity contribution in [2.24, 2.45) is 44.6 Å². The lowest BCUT2D eigenvalue weighted by atomic mass is 9.96. The van der Waals surface area contributed by atoms with Crippen LogP contribution in [0, 0.1) is 12.8 Å². The van der Waals surface area contributed by atoms with Gasteiger partial charge in [0.05, 0.1) is 4.90 Å².